The largest absolute Gasteiger partial charge is 0.491 e. The Morgan fingerprint density at radius 2 is 1.17 bits per heavy atom. The number of hydrogen-bond acceptors (Lipinski definition) is 2. The van der Waals surface area contributed by atoms with Gasteiger partial charge in [-0.3, -0.25) is 0 Å². The van der Waals surface area contributed by atoms with Crippen LogP contribution in [0.1, 0.15) is 30.5 Å². The van der Waals surface area contributed by atoms with Gasteiger partial charge in [-0.2, -0.15) is 0 Å². The first-order valence-corrected chi connectivity index (χ1v) is 10.0. The molecule has 1 atom stereocenters. The lowest BCUT2D eigenvalue weighted by Crippen LogP contribution is -2.36. The third kappa shape index (κ3) is 3.90. The Kier molecular flexibility index (Phi) is 5.64. The van der Waals surface area contributed by atoms with Crippen molar-refractivity contribution in [1.82, 2.24) is 0 Å². The topological polar surface area (TPSA) is 18.5 Å². The van der Waals surface area contributed by atoms with Crippen LogP contribution in [0, 0.1) is 0 Å². The fourth-order valence-electron chi connectivity index (χ4n) is 3.92. The van der Waals surface area contributed by atoms with Crippen LogP contribution < -0.4 is 0 Å². The highest BCUT2D eigenvalue weighted by molar-refractivity contribution is 5.47. The Bertz CT molecular complexity index is 892. The first-order chi connectivity index (χ1) is 14.2. The van der Waals surface area contributed by atoms with Crippen molar-refractivity contribution in [2.24, 2.45) is 0 Å². The van der Waals surface area contributed by atoms with Crippen molar-refractivity contribution < 1.29 is 9.47 Å². The summed E-state index contributed by atoms with van der Waals surface area (Å²) in [6.45, 7) is 4.59. The summed E-state index contributed by atoms with van der Waals surface area (Å²) in [7, 11) is 0. The van der Waals surface area contributed by atoms with E-state index in [2.05, 4.69) is 85.8 Å². The normalized spacial score (nSPS) is 16.6. The Morgan fingerprint density at radius 1 is 0.724 bits per heavy atom. The summed E-state index contributed by atoms with van der Waals surface area (Å²) in [4.78, 5) is 0. The second kappa shape index (κ2) is 8.50. The minimum Gasteiger partial charge on any atom is -0.491 e. The van der Waals surface area contributed by atoms with E-state index in [0.717, 1.165) is 22.3 Å². The number of allylic oxidation sites excluding steroid dienone is 2. The van der Waals surface area contributed by atoms with Gasteiger partial charge in [0.25, 0.3) is 0 Å². The predicted octanol–water partition coefficient (Wildman–Crippen LogP) is 6.24. The molecule has 0 aliphatic carbocycles. The zero-order valence-electron chi connectivity index (χ0n) is 16.9. The molecule has 146 valence electrons. The van der Waals surface area contributed by atoms with Crippen LogP contribution in [0.4, 0.5) is 0 Å². The van der Waals surface area contributed by atoms with Gasteiger partial charge in [-0.05, 0) is 41.7 Å². The van der Waals surface area contributed by atoms with Gasteiger partial charge in [0.2, 0.25) is 0 Å². The second-order valence-electron chi connectivity index (χ2n) is 7.47. The van der Waals surface area contributed by atoms with E-state index in [0.29, 0.717) is 6.61 Å². The fraction of sp³-hybridized carbons (Fsp3) is 0.185. The van der Waals surface area contributed by atoms with Gasteiger partial charge in [0.15, 0.2) is 0 Å². The molecule has 3 aromatic carbocycles. The second-order valence-corrected chi connectivity index (χ2v) is 7.47. The first kappa shape index (κ1) is 19.2. The summed E-state index contributed by atoms with van der Waals surface area (Å²) in [5.41, 5.74) is 4.88. The Labute approximate surface area is 173 Å². The average Bonchev–Trinajstić information content (AvgIpc) is 2.78. The van der Waals surface area contributed by atoms with Gasteiger partial charge in [-0.15, -0.1) is 0 Å². The van der Waals surface area contributed by atoms with Gasteiger partial charge in [-0.25, -0.2) is 0 Å². The quantitative estimate of drug-likeness (QED) is 0.470. The Balaban J connectivity index is 1.81. The SMILES string of the molecule is CC1=CO[C@H](COC(c2ccccc2)(c2ccccc2)c2ccccc2)C(C)=C1. The number of benzene rings is 3. The van der Waals surface area contributed by atoms with Crippen LogP contribution in [0.2, 0.25) is 0 Å². The highest BCUT2D eigenvalue weighted by atomic mass is 16.5. The Hall–Kier alpha value is -3.10. The third-order valence-electron chi connectivity index (χ3n) is 5.37. The van der Waals surface area contributed by atoms with Crippen LogP contribution in [0.5, 0.6) is 0 Å². The summed E-state index contributed by atoms with van der Waals surface area (Å²) in [6.07, 6.45) is 3.87. The van der Waals surface area contributed by atoms with E-state index in [4.69, 9.17) is 9.47 Å². The van der Waals surface area contributed by atoms with Crippen molar-refractivity contribution in [3.63, 3.8) is 0 Å². The van der Waals surface area contributed by atoms with Crippen molar-refractivity contribution in [3.8, 4) is 0 Å². The number of rotatable bonds is 6. The van der Waals surface area contributed by atoms with Crippen LogP contribution in [0.25, 0.3) is 0 Å². The average molecular weight is 383 g/mol. The maximum atomic E-state index is 6.84. The molecule has 0 amide bonds. The highest BCUT2D eigenvalue weighted by Crippen LogP contribution is 2.40. The van der Waals surface area contributed by atoms with Crippen molar-refractivity contribution in [1.29, 1.82) is 0 Å². The van der Waals surface area contributed by atoms with E-state index >= 15 is 0 Å². The molecule has 3 aromatic rings. The van der Waals surface area contributed by atoms with E-state index in [1.54, 1.807) is 0 Å². The van der Waals surface area contributed by atoms with Gasteiger partial charge in [0.1, 0.15) is 11.7 Å². The lowest BCUT2D eigenvalue weighted by molar-refractivity contribution is -0.0325. The maximum absolute atomic E-state index is 6.84. The first-order valence-electron chi connectivity index (χ1n) is 10.0. The summed E-state index contributed by atoms with van der Waals surface area (Å²) in [5.74, 6) is 0. The van der Waals surface area contributed by atoms with Crippen molar-refractivity contribution >= 4 is 0 Å². The van der Waals surface area contributed by atoms with Gasteiger partial charge < -0.3 is 9.47 Å². The molecule has 1 aliphatic rings. The molecule has 0 unspecified atom stereocenters. The van der Waals surface area contributed by atoms with Crippen LogP contribution >= 0.6 is 0 Å². The summed E-state index contributed by atoms with van der Waals surface area (Å²) in [6, 6.07) is 31.3. The van der Waals surface area contributed by atoms with Crippen LogP contribution in [0.3, 0.4) is 0 Å². The van der Waals surface area contributed by atoms with E-state index in [-0.39, 0.29) is 6.10 Å². The molecule has 1 aliphatic heterocycles. The molecule has 0 bridgehead atoms. The van der Waals surface area contributed by atoms with Gasteiger partial charge in [-0.1, -0.05) is 97.1 Å². The van der Waals surface area contributed by atoms with Crippen molar-refractivity contribution in [2.75, 3.05) is 6.61 Å². The molecule has 29 heavy (non-hydrogen) atoms. The zero-order valence-corrected chi connectivity index (χ0v) is 16.9. The van der Waals surface area contributed by atoms with Crippen LogP contribution in [0.15, 0.2) is 114 Å². The maximum Gasteiger partial charge on any atom is 0.143 e. The minimum atomic E-state index is -0.719. The van der Waals surface area contributed by atoms with E-state index < -0.39 is 5.60 Å². The third-order valence-corrected chi connectivity index (χ3v) is 5.37. The number of ether oxygens (including phenoxy) is 2. The van der Waals surface area contributed by atoms with Crippen LogP contribution in [-0.4, -0.2) is 12.7 Å². The van der Waals surface area contributed by atoms with E-state index in [9.17, 15) is 0 Å². The van der Waals surface area contributed by atoms with Crippen LogP contribution in [-0.2, 0) is 15.1 Å². The molecule has 1 heterocycles. The molecule has 2 nitrogen and oxygen atoms in total. The smallest absolute Gasteiger partial charge is 0.143 e. The molecule has 0 spiro atoms. The predicted molar refractivity (Wildman–Crippen MR) is 118 cm³/mol. The molecule has 0 saturated carbocycles. The van der Waals surface area contributed by atoms with Crippen molar-refractivity contribution in [3.05, 3.63) is 131 Å². The molecule has 0 N–H and O–H groups in total. The zero-order chi connectivity index (χ0) is 20.1. The molecule has 2 heteroatoms. The van der Waals surface area contributed by atoms with Gasteiger partial charge in [0.05, 0.1) is 12.9 Å². The lowest BCUT2D eigenvalue weighted by Gasteiger charge is -2.37. The lowest BCUT2D eigenvalue weighted by atomic mass is 9.80. The summed E-state index contributed by atoms with van der Waals surface area (Å²) >= 11 is 0. The molecule has 4 rings (SSSR count). The summed E-state index contributed by atoms with van der Waals surface area (Å²) in [5, 5.41) is 0. The molecule has 0 aromatic heterocycles. The molecular weight excluding hydrogens is 356 g/mol. The molecule has 0 saturated heterocycles. The van der Waals surface area contributed by atoms with Crippen molar-refractivity contribution in [2.45, 2.75) is 25.6 Å². The molecular formula is C27H26O2. The Morgan fingerprint density at radius 3 is 1.59 bits per heavy atom. The highest BCUT2D eigenvalue weighted by Gasteiger charge is 2.38. The van der Waals surface area contributed by atoms with Gasteiger partial charge in [0, 0.05) is 0 Å². The standard InChI is InChI=1S/C27H26O2/c1-21-18-22(2)26(28-19-21)20-29-27(23-12-6-3-7-13-23,24-14-8-4-9-15-24)25-16-10-5-11-17-25/h3-19,26H,20H2,1-2H3/t26-/m1/s1. The van der Waals surface area contributed by atoms with E-state index in [1.807, 2.05) is 31.4 Å². The minimum absolute atomic E-state index is 0.103. The summed E-state index contributed by atoms with van der Waals surface area (Å²) < 4.78 is 12.8. The van der Waals surface area contributed by atoms with E-state index in [1.165, 1.54) is 5.57 Å². The molecule has 0 fully saturated rings. The fourth-order valence-corrected chi connectivity index (χ4v) is 3.92. The van der Waals surface area contributed by atoms with Gasteiger partial charge >= 0.3 is 0 Å². The molecule has 0 radical (unpaired) electrons. The monoisotopic (exact) mass is 382 g/mol. The number of hydrogen-bond donors (Lipinski definition) is 0.